The van der Waals surface area contributed by atoms with Crippen LogP contribution < -0.4 is 10.2 Å². The van der Waals surface area contributed by atoms with Gasteiger partial charge in [-0.15, -0.1) is 0 Å². The average molecular weight is 286 g/mol. The molecular formula is C16H22N4O. The normalized spacial score (nSPS) is 12.9. The molecule has 5 heteroatoms. The molecule has 0 spiro atoms. The molecule has 0 aliphatic heterocycles. The van der Waals surface area contributed by atoms with E-state index in [2.05, 4.69) is 16.4 Å². The maximum Gasteiger partial charge on any atom is 0.239 e. The van der Waals surface area contributed by atoms with E-state index in [0.717, 1.165) is 25.0 Å². The highest BCUT2D eigenvalue weighted by Gasteiger charge is 2.20. The molecule has 2 rings (SSSR count). The molecule has 0 bridgehead atoms. The number of nitrogens with one attached hydrogen (secondary N) is 1. The van der Waals surface area contributed by atoms with Crippen molar-refractivity contribution in [3.8, 4) is 6.07 Å². The zero-order chi connectivity index (χ0) is 15.4. The third kappa shape index (κ3) is 3.52. The number of nitrogens with zero attached hydrogens (tertiary/aromatic N) is 3. The summed E-state index contributed by atoms with van der Waals surface area (Å²) < 4.78 is 0. The molecule has 1 aliphatic rings. The van der Waals surface area contributed by atoms with Crippen LogP contribution in [0.15, 0.2) is 6.07 Å². The van der Waals surface area contributed by atoms with E-state index in [-0.39, 0.29) is 18.5 Å². The number of nitriles is 1. The smallest absolute Gasteiger partial charge is 0.239 e. The number of aromatic nitrogens is 1. The molecule has 1 aromatic rings. The molecule has 0 saturated carbocycles. The second-order valence-electron chi connectivity index (χ2n) is 5.67. The van der Waals surface area contributed by atoms with Crippen molar-refractivity contribution in [2.24, 2.45) is 0 Å². The van der Waals surface area contributed by atoms with E-state index in [1.807, 2.05) is 31.7 Å². The second-order valence-corrected chi connectivity index (χ2v) is 5.67. The maximum atomic E-state index is 12.0. The fourth-order valence-electron chi connectivity index (χ4n) is 2.66. The van der Waals surface area contributed by atoms with Gasteiger partial charge in [0.25, 0.3) is 0 Å². The lowest BCUT2D eigenvalue weighted by Gasteiger charge is -2.23. The highest BCUT2D eigenvalue weighted by Crippen LogP contribution is 2.26. The van der Waals surface area contributed by atoms with Gasteiger partial charge in [-0.1, -0.05) is 0 Å². The van der Waals surface area contributed by atoms with E-state index >= 15 is 0 Å². The molecule has 21 heavy (non-hydrogen) atoms. The van der Waals surface area contributed by atoms with Gasteiger partial charge in [0.1, 0.15) is 11.9 Å². The van der Waals surface area contributed by atoms with Gasteiger partial charge >= 0.3 is 0 Å². The lowest BCUT2D eigenvalue weighted by atomic mass is 10.1. The van der Waals surface area contributed by atoms with Crippen molar-refractivity contribution in [2.45, 2.75) is 46.1 Å². The maximum absolute atomic E-state index is 12.0. The number of likely N-dealkylation sites (N-methyl/N-ethyl adjacent to an activating group) is 1. The largest absolute Gasteiger partial charge is 0.352 e. The molecule has 1 aliphatic carbocycles. The SMILES string of the molecule is CCN(CC(=O)NC(C)C)c1nc2c(cc1C#N)CCC2. The Bertz CT molecular complexity index is 574. The molecule has 1 N–H and O–H groups in total. The summed E-state index contributed by atoms with van der Waals surface area (Å²) in [5.41, 5.74) is 2.82. The van der Waals surface area contributed by atoms with Gasteiger partial charge in [-0.2, -0.15) is 5.26 Å². The number of carbonyl (C=O) groups is 1. The number of rotatable bonds is 5. The molecule has 0 radical (unpaired) electrons. The van der Waals surface area contributed by atoms with Gasteiger partial charge in [-0.05, 0) is 51.7 Å². The predicted octanol–water partition coefficient (Wildman–Crippen LogP) is 1.79. The number of fused-ring (bicyclic) bond motifs is 1. The van der Waals surface area contributed by atoms with Crippen molar-refractivity contribution in [3.05, 3.63) is 22.9 Å². The number of amides is 1. The first-order valence-electron chi connectivity index (χ1n) is 7.52. The van der Waals surface area contributed by atoms with Crippen molar-refractivity contribution >= 4 is 11.7 Å². The Morgan fingerprint density at radius 1 is 1.52 bits per heavy atom. The fourth-order valence-corrected chi connectivity index (χ4v) is 2.66. The molecule has 1 amide bonds. The fraction of sp³-hybridized carbons (Fsp3) is 0.562. The summed E-state index contributed by atoms with van der Waals surface area (Å²) in [6.07, 6.45) is 3.05. The standard InChI is InChI=1S/C16H22N4O/c1-4-20(10-15(21)18-11(2)3)16-13(9-17)8-12-6-5-7-14(12)19-16/h8,11H,4-7,10H2,1-3H3,(H,18,21). The molecule has 0 aromatic carbocycles. The monoisotopic (exact) mass is 286 g/mol. The summed E-state index contributed by atoms with van der Waals surface area (Å²) in [5, 5.41) is 12.2. The quantitative estimate of drug-likeness (QED) is 0.896. The summed E-state index contributed by atoms with van der Waals surface area (Å²) in [7, 11) is 0. The summed E-state index contributed by atoms with van der Waals surface area (Å²) >= 11 is 0. The zero-order valence-corrected chi connectivity index (χ0v) is 12.9. The number of pyridine rings is 1. The molecule has 0 fully saturated rings. The van der Waals surface area contributed by atoms with Gasteiger partial charge in [0.05, 0.1) is 12.1 Å². The van der Waals surface area contributed by atoms with Crippen LogP contribution in [0.1, 0.15) is 44.0 Å². The van der Waals surface area contributed by atoms with Crippen LogP contribution in [-0.2, 0) is 17.6 Å². The lowest BCUT2D eigenvalue weighted by molar-refractivity contribution is -0.120. The van der Waals surface area contributed by atoms with Crippen molar-refractivity contribution in [2.75, 3.05) is 18.0 Å². The highest BCUT2D eigenvalue weighted by atomic mass is 16.2. The zero-order valence-electron chi connectivity index (χ0n) is 12.9. The average Bonchev–Trinajstić information content (AvgIpc) is 2.89. The molecule has 0 unspecified atom stereocenters. The van der Waals surface area contributed by atoms with E-state index in [1.165, 1.54) is 5.56 Å². The van der Waals surface area contributed by atoms with Crippen LogP contribution in [0.25, 0.3) is 0 Å². The molecule has 0 atom stereocenters. The van der Waals surface area contributed by atoms with Crippen molar-refractivity contribution < 1.29 is 4.79 Å². The molecule has 1 heterocycles. The molecule has 5 nitrogen and oxygen atoms in total. The Hall–Kier alpha value is -2.09. The summed E-state index contributed by atoms with van der Waals surface area (Å²) in [5.74, 6) is 0.595. The van der Waals surface area contributed by atoms with Crippen LogP contribution in [0.5, 0.6) is 0 Å². The minimum atomic E-state index is -0.0435. The molecule has 1 aromatic heterocycles. The lowest BCUT2D eigenvalue weighted by Crippen LogP contribution is -2.40. The van der Waals surface area contributed by atoms with Crippen LogP contribution in [0.2, 0.25) is 0 Å². The molecule has 0 saturated heterocycles. The number of aryl methyl sites for hydroxylation is 2. The van der Waals surface area contributed by atoms with Crippen molar-refractivity contribution in [3.63, 3.8) is 0 Å². The van der Waals surface area contributed by atoms with Crippen LogP contribution in [0.4, 0.5) is 5.82 Å². The van der Waals surface area contributed by atoms with E-state index in [9.17, 15) is 10.1 Å². The number of hydrogen-bond donors (Lipinski definition) is 1. The first-order chi connectivity index (χ1) is 10.0. The first kappa shape index (κ1) is 15.3. The molecule has 112 valence electrons. The van der Waals surface area contributed by atoms with Gasteiger partial charge in [0.2, 0.25) is 5.91 Å². The summed E-state index contributed by atoms with van der Waals surface area (Å²) in [6.45, 7) is 6.71. The Balaban J connectivity index is 2.25. The van der Waals surface area contributed by atoms with E-state index < -0.39 is 0 Å². The number of hydrogen-bond acceptors (Lipinski definition) is 4. The van der Waals surface area contributed by atoms with Crippen molar-refractivity contribution in [1.82, 2.24) is 10.3 Å². The minimum absolute atomic E-state index is 0.0435. The number of carbonyl (C=O) groups excluding carboxylic acids is 1. The first-order valence-corrected chi connectivity index (χ1v) is 7.52. The topological polar surface area (TPSA) is 69.0 Å². The Kier molecular flexibility index (Phi) is 4.79. The van der Waals surface area contributed by atoms with E-state index in [4.69, 9.17) is 0 Å². The highest BCUT2D eigenvalue weighted by molar-refractivity contribution is 5.81. The van der Waals surface area contributed by atoms with Crippen LogP contribution in [0, 0.1) is 11.3 Å². The van der Waals surface area contributed by atoms with Gasteiger partial charge in [0, 0.05) is 18.3 Å². The Morgan fingerprint density at radius 2 is 2.29 bits per heavy atom. The van der Waals surface area contributed by atoms with Gasteiger partial charge in [-0.3, -0.25) is 4.79 Å². The summed E-state index contributed by atoms with van der Waals surface area (Å²) in [6, 6.07) is 4.27. The van der Waals surface area contributed by atoms with Crippen LogP contribution in [0.3, 0.4) is 0 Å². The van der Waals surface area contributed by atoms with Gasteiger partial charge < -0.3 is 10.2 Å². The minimum Gasteiger partial charge on any atom is -0.352 e. The van der Waals surface area contributed by atoms with Gasteiger partial charge in [0.15, 0.2) is 0 Å². The van der Waals surface area contributed by atoms with Crippen LogP contribution >= 0.6 is 0 Å². The van der Waals surface area contributed by atoms with Crippen LogP contribution in [-0.4, -0.2) is 30.0 Å². The Morgan fingerprint density at radius 3 is 2.90 bits per heavy atom. The third-order valence-electron chi connectivity index (χ3n) is 3.62. The van der Waals surface area contributed by atoms with E-state index in [0.29, 0.717) is 17.9 Å². The van der Waals surface area contributed by atoms with Crippen molar-refractivity contribution in [1.29, 1.82) is 5.26 Å². The molecular weight excluding hydrogens is 264 g/mol. The number of anilines is 1. The third-order valence-corrected chi connectivity index (χ3v) is 3.62. The second kappa shape index (κ2) is 6.57. The Labute approximate surface area is 126 Å². The van der Waals surface area contributed by atoms with E-state index in [1.54, 1.807) is 0 Å². The summed E-state index contributed by atoms with van der Waals surface area (Å²) in [4.78, 5) is 18.5. The predicted molar refractivity (Wildman–Crippen MR) is 82.1 cm³/mol. The van der Waals surface area contributed by atoms with Gasteiger partial charge in [-0.25, -0.2) is 4.98 Å².